The van der Waals surface area contributed by atoms with Crippen molar-refractivity contribution in [3.63, 3.8) is 0 Å². The van der Waals surface area contributed by atoms with Crippen LogP contribution in [0, 0.1) is 0 Å². The first-order valence-corrected chi connectivity index (χ1v) is 40.3. The first kappa shape index (κ1) is 68.5. The van der Waals surface area contributed by atoms with E-state index in [-0.39, 0.29) is 10.8 Å². The Balaban J connectivity index is 0.000000143. The van der Waals surface area contributed by atoms with E-state index in [4.69, 9.17) is 5.73 Å². The number of nitrogens with two attached hydrogens (primary N) is 1. The fourth-order valence-electron chi connectivity index (χ4n) is 18.5. The molecule has 0 saturated heterocycles. The molecule has 0 aliphatic carbocycles. The third-order valence-corrected chi connectivity index (χ3v) is 24.8. The summed E-state index contributed by atoms with van der Waals surface area (Å²) in [6.45, 7) is 13.9. The second kappa shape index (κ2) is 26.6. The summed E-state index contributed by atoms with van der Waals surface area (Å²) < 4.78 is 10.8. The molecule has 22 aromatic rings. The summed E-state index contributed by atoms with van der Waals surface area (Å²) in [6, 6.07) is 133. The molecular formula is C108H80BrN5. The molecule has 544 valence electrons. The molecule has 4 heterocycles. The van der Waals surface area contributed by atoms with E-state index in [2.05, 4.69) is 440 Å². The van der Waals surface area contributed by atoms with E-state index in [0.29, 0.717) is 0 Å². The highest BCUT2D eigenvalue weighted by molar-refractivity contribution is 9.10. The van der Waals surface area contributed by atoms with Gasteiger partial charge in [-0.15, -0.1) is 0 Å². The van der Waals surface area contributed by atoms with Gasteiger partial charge in [0.05, 0.1) is 44.1 Å². The van der Waals surface area contributed by atoms with E-state index in [1.54, 1.807) is 0 Å². The Morgan fingerprint density at radius 2 is 0.395 bits per heavy atom. The van der Waals surface area contributed by atoms with Gasteiger partial charge in [-0.1, -0.05) is 284 Å². The molecule has 0 atom stereocenters. The summed E-state index contributed by atoms with van der Waals surface area (Å²) in [5.41, 5.74) is 34.3. The zero-order valence-electron chi connectivity index (χ0n) is 64.4. The van der Waals surface area contributed by atoms with Gasteiger partial charge in [0.2, 0.25) is 0 Å². The van der Waals surface area contributed by atoms with Gasteiger partial charge in [-0.2, -0.15) is 0 Å². The van der Waals surface area contributed by atoms with Gasteiger partial charge in [-0.05, 0) is 214 Å². The van der Waals surface area contributed by atoms with E-state index in [0.717, 1.165) is 55.2 Å². The molecule has 5 nitrogen and oxygen atoms in total. The molecule has 22 rings (SSSR count). The summed E-state index contributed by atoms with van der Waals surface area (Å²) in [5, 5.41) is 19.6. The van der Waals surface area contributed by atoms with Crippen LogP contribution in [0.15, 0.2) is 368 Å². The van der Waals surface area contributed by atoms with Gasteiger partial charge in [0.1, 0.15) is 0 Å². The minimum Gasteiger partial charge on any atom is -0.398 e. The third-order valence-electron chi connectivity index (χ3n) is 23.9. The molecule has 6 heteroatoms. The minimum absolute atomic E-state index is 0.101. The van der Waals surface area contributed by atoms with Crippen LogP contribution in [0.1, 0.15) is 52.7 Å². The second-order valence-corrected chi connectivity index (χ2v) is 33.4. The van der Waals surface area contributed by atoms with Gasteiger partial charge in [0.25, 0.3) is 0 Å². The zero-order chi connectivity index (χ0) is 76.8. The van der Waals surface area contributed by atoms with Crippen molar-refractivity contribution in [3.05, 3.63) is 380 Å². The molecule has 4 aromatic heterocycles. The maximum atomic E-state index is 7.64. The van der Waals surface area contributed by atoms with Crippen molar-refractivity contribution in [2.24, 2.45) is 0 Å². The van der Waals surface area contributed by atoms with Crippen LogP contribution in [-0.2, 0) is 10.8 Å². The van der Waals surface area contributed by atoms with Crippen LogP contribution in [0.4, 0.5) is 5.69 Å². The summed E-state index contributed by atoms with van der Waals surface area (Å²) >= 11 is 4.33. The number of hydrogen-bond donors (Lipinski definition) is 1. The largest absolute Gasteiger partial charge is 0.398 e. The Morgan fingerprint density at radius 3 is 0.632 bits per heavy atom. The average Bonchev–Trinajstić information content (AvgIpc) is 1.49. The molecule has 114 heavy (non-hydrogen) atoms. The highest BCUT2D eigenvalue weighted by Gasteiger charge is 2.29. The fourth-order valence-corrected chi connectivity index (χ4v) is 19.2. The monoisotopic (exact) mass is 1530 g/mol. The Hall–Kier alpha value is -13.5. The van der Waals surface area contributed by atoms with Gasteiger partial charge in [0.15, 0.2) is 0 Å². The van der Waals surface area contributed by atoms with Gasteiger partial charge < -0.3 is 24.0 Å². The summed E-state index contributed by atoms with van der Waals surface area (Å²) in [7, 11) is 0. The molecule has 0 radical (unpaired) electrons. The predicted molar refractivity (Wildman–Crippen MR) is 492 cm³/mol. The molecule has 0 fully saturated rings. The number of nitrogen functional groups attached to an aromatic ring is 1. The first-order valence-electron chi connectivity index (χ1n) is 39.5. The second-order valence-electron chi connectivity index (χ2n) is 32.6. The molecule has 0 amide bonds. The van der Waals surface area contributed by atoms with Crippen molar-refractivity contribution < 1.29 is 0 Å². The van der Waals surface area contributed by atoms with Crippen LogP contribution in [0.2, 0.25) is 0 Å². The first-order chi connectivity index (χ1) is 55.7. The number of fused-ring (bicyclic) bond motifs is 20. The number of hydrogen-bond acceptors (Lipinski definition) is 1. The Labute approximate surface area is 670 Å². The van der Waals surface area contributed by atoms with Crippen LogP contribution in [0.25, 0.3) is 198 Å². The Morgan fingerprint density at radius 1 is 0.202 bits per heavy atom. The highest BCUT2D eigenvalue weighted by atomic mass is 79.9. The lowest BCUT2D eigenvalue weighted by Gasteiger charge is -2.24. The van der Waals surface area contributed by atoms with Gasteiger partial charge >= 0.3 is 0 Å². The van der Waals surface area contributed by atoms with Crippen molar-refractivity contribution in [2.45, 2.75) is 52.4 Å². The number of anilines is 1. The maximum absolute atomic E-state index is 7.64. The van der Waals surface area contributed by atoms with Gasteiger partial charge in [0, 0.05) is 109 Å². The summed E-state index contributed by atoms with van der Waals surface area (Å²) in [6.07, 6.45) is 0. The lowest BCUT2D eigenvalue weighted by molar-refractivity contribution is 0.590. The molecule has 2 N–H and O–H groups in total. The normalized spacial score (nSPS) is 12.2. The summed E-state index contributed by atoms with van der Waals surface area (Å²) in [5.74, 6) is 0. The smallest absolute Gasteiger partial charge is 0.0619 e. The number of halogens is 1. The van der Waals surface area contributed by atoms with Crippen LogP contribution in [-0.4, -0.2) is 18.3 Å². The molecule has 18 aromatic carbocycles. The van der Waals surface area contributed by atoms with E-state index in [1.165, 1.54) is 164 Å². The van der Waals surface area contributed by atoms with Crippen LogP contribution in [0.3, 0.4) is 0 Å². The van der Waals surface area contributed by atoms with Crippen LogP contribution in [0.5, 0.6) is 0 Å². The van der Waals surface area contributed by atoms with E-state index in [1.807, 2.05) is 0 Å². The van der Waals surface area contributed by atoms with E-state index >= 15 is 0 Å². The van der Waals surface area contributed by atoms with Gasteiger partial charge in [-0.25, -0.2) is 0 Å². The quantitative estimate of drug-likeness (QED) is 0.151. The molecule has 0 bridgehead atoms. The van der Waals surface area contributed by atoms with Crippen molar-refractivity contribution in [2.75, 3.05) is 5.73 Å². The predicted octanol–water partition coefficient (Wildman–Crippen LogP) is 30.0. The number of rotatable bonds is 8. The highest BCUT2D eigenvalue weighted by Crippen LogP contribution is 2.53. The topological polar surface area (TPSA) is 45.7 Å². The van der Waals surface area contributed by atoms with E-state index in [9.17, 15) is 0 Å². The number of aromatic nitrogens is 4. The lowest BCUT2D eigenvalue weighted by Crippen LogP contribution is -2.12. The van der Waals surface area contributed by atoms with Crippen molar-refractivity contribution in [3.8, 4) is 67.3 Å². The Bertz CT molecular complexity index is 6780. The third kappa shape index (κ3) is 10.8. The minimum atomic E-state index is -0.135. The summed E-state index contributed by atoms with van der Waals surface area (Å²) in [4.78, 5) is 0. The Kier molecular flexibility index (Phi) is 16.0. The fraction of sp³-hybridized carbons (Fsp3) is 0.0741. The molecule has 0 saturated carbocycles. The average molecular weight is 1530 g/mol. The maximum Gasteiger partial charge on any atom is 0.0619 e. The molecule has 0 unspecified atom stereocenters. The lowest BCUT2D eigenvalue weighted by atomic mass is 9.81. The molecular weight excluding hydrogens is 1450 g/mol. The van der Waals surface area contributed by atoms with E-state index < -0.39 is 0 Å². The number of para-hydroxylation sites is 8. The van der Waals surface area contributed by atoms with Crippen molar-refractivity contribution in [1.29, 1.82) is 0 Å². The zero-order valence-corrected chi connectivity index (χ0v) is 66.0. The number of benzene rings is 18. The molecule has 0 spiro atoms. The van der Waals surface area contributed by atoms with Crippen molar-refractivity contribution in [1.82, 2.24) is 18.3 Å². The van der Waals surface area contributed by atoms with Crippen LogP contribution < -0.4 is 5.73 Å². The standard InChI is InChI=1S/C54H39BrN2.C54H41N3/c2*1-54(2,3)34-30-45(43-32-47-39-24-14-16-28-49(39)56(35-18-6-4-7-19-35)52(47)41-26-12-10-22-37(41)43)51(55)46(31-34)44-33-48-40-25-15-17-29-50(40)57(36-20-8-5-9-21-36)53(48)42-27-13-11-23-38(42)44/h4-33H,1-3H3;4-33H,55H2,1-3H3. The SMILES string of the molecule is CC(C)(C)c1cc(-c2cc3c4ccccc4n(-c4ccccc4)c3c3ccccc23)c(Br)c(-c2cc3c4ccccc4n(-c4ccccc4)c3c3ccccc23)c1.CC(C)(C)c1cc(-c2cc3c4ccccc4n(-c4ccccc4)c3c3ccccc23)c(N)c(-c2cc3c4ccccc4n(-c4ccccc4)c3c3ccccc23)c1. The van der Waals surface area contributed by atoms with Crippen LogP contribution >= 0.6 is 15.9 Å². The molecule has 0 aliphatic heterocycles. The van der Waals surface area contributed by atoms with Gasteiger partial charge in [-0.3, -0.25) is 0 Å². The molecule has 0 aliphatic rings. The number of nitrogens with zero attached hydrogens (tertiary/aromatic N) is 4. The van der Waals surface area contributed by atoms with Crippen molar-refractivity contribution >= 4 is 152 Å².